The maximum Gasteiger partial charge on any atom is 0.261 e. The molecule has 1 heterocycles. The van der Waals surface area contributed by atoms with Gasteiger partial charge in [-0.25, -0.2) is 0 Å². The summed E-state index contributed by atoms with van der Waals surface area (Å²) in [6, 6.07) is 6.36. The summed E-state index contributed by atoms with van der Waals surface area (Å²) in [4.78, 5) is 25.1. The maximum atomic E-state index is 12.7. The zero-order valence-electron chi connectivity index (χ0n) is 14.4. The van der Waals surface area contributed by atoms with Crippen LogP contribution in [0.3, 0.4) is 0 Å². The number of nitrogens with one attached hydrogen (secondary N) is 1. The van der Waals surface area contributed by atoms with Gasteiger partial charge < -0.3 is 14.6 Å². The minimum atomic E-state index is -0.539. The number of ether oxygens (including phenoxy) is 1. The number of hydrogen-bond donors (Lipinski definition) is 1. The van der Waals surface area contributed by atoms with E-state index in [-0.39, 0.29) is 16.7 Å². The van der Waals surface area contributed by atoms with Crippen LogP contribution in [0.4, 0.5) is 5.69 Å². The van der Waals surface area contributed by atoms with Crippen molar-refractivity contribution in [2.24, 2.45) is 0 Å². The Morgan fingerprint density at radius 1 is 1.24 bits per heavy atom. The van der Waals surface area contributed by atoms with Crippen LogP contribution in [0.1, 0.15) is 28.7 Å². The molecule has 1 aromatic heterocycles. The first kappa shape index (κ1) is 19.5. The maximum absolute atomic E-state index is 12.7. The summed E-state index contributed by atoms with van der Waals surface area (Å²) in [6.07, 6.45) is 0. The quantitative estimate of drug-likeness (QED) is 0.766. The monoisotopic (exact) mass is 382 g/mol. The van der Waals surface area contributed by atoms with E-state index in [1.807, 2.05) is 18.4 Å². The third kappa shape index (κ3) is 4.42. The van der Waals surface area contributed by atoms with Gasteiger partial charge in [0.25, 0.3) is 5.91 Å². The second-order valence-electron chi connectivity index (χ2n) is 5.51. The molecule has 0 unspecified atom stereocenters. The van der Waals surface area contributed by atoms with Crippen LogP contribution in [-0.2, 0) is 11.3 Å². The van der Waals surface area contributed by atoms with E-state index in [2.05, 4.69) is 5.32 Å². The number of carbonyl (C=O) groups excluding carboxylic acids is 1. The van der Waals surface area contributed by atoms with Crippen molar-refractivity contribution in [3.8, 4) is 0 Å². The van der Waals surface area contributed by atoms with Gasteiger partial charge in [-0.1, -0.05) is 29.3 Å². The molecule has 0 fully saturated rings. The summed E-state index contributed by atoms with van der Waals surface area (Å²) in [5.74, 6) is -0.539. The molecule has 0 aliphatic carbocycles. The molecule has 7 heteroatoms. The van der Waals surface area contributed by atoms with Crippen molar-refractivity contribution in [2.45, 2.75) is 27.3 Å². The molecule has 1 amide bonds. The predicted octanol–water partition coefficient (Wildman–Crippen LogP) is 4.06. The fourth-order valence-electron chi connectivity index (χ4n) is 2.63. The predicted molar refractivity (Wildman–Crippen MR) is 101 cm³/mol. The van der Waals surface area contributed by atoms with E-state index < -0.39 is 5.91 Å². The summed E-state index contributed by atoms with van der Waals surface area (Å²) in [7, 11) is 0. The second-order valence-corrected chi connectivity index (χ2v) is 6.32. The van der Waals surface area contributed by atoms with E-state index >= 15 is 0 Å². The van der Waals surface area contributed by atoms with Gasteiger partial charge >= 0.3 is 0 Å². The first-order chi connectivity index (χ1) is 11.9. The molecule has 2 rings (SSSR count). The Morgan fingerprint density at radius 2 is 1.88 bits per heavy atom. The Hall–Kier alpha value is -1.82. The number of para-hydroxylation sites is 1. The molecular weight excluding hydrogens is 363 g/mol. The molecule has 1 aromatic carbocycles. The minimum absolute atomic E-state index is 0.0677. The lowest BCUT2D eigenvalue weighted by Crippen LogP contribution is -2.27. The van der Waals surface area contributed by atoms with Crippen LogP contribution in [0, 0.1) is 13.8 Å². The fraction of sp³-hybridized carbons (Fsp3) is 0.333. The molecule has 1 N–H and O–H groups in total. The SMILES string of the molecule is CCOCCn1c(C)cc(=O)c(C(=O)Nc2c(Cl)cccc2Cl)c1C. The van der Waals surface area contributed by atoms with Crippen molar-refractivity contribution in [2.75, 3.05) is 18.5 Å². The summed E-state index contributed by atoms with van der Waals surface area (Å²) >= 11 is 12.2. The number of nitrogens with zero attached hydrogens (tertiary/aromatic N) is 1. The van der Waals surface area contributed by atoms with E-state index in [4.69, 9.17) is 27.9 Å². The molecule has 134 valence electrons. The fourth-order valence-corrected chi connectivity index (χ4v) is 3.12. The van der Waals surface area contributed by atoms with Crippen LogP contribution < -0.4 is 10.7 Å². The molecule has 0 aliphatic rings. The van der Waals surface area contributed by atoms with E-state index in [0.29, 0.717) is 35.5 Å². The van der Waals surface area contributed by atoms with Gasteiger partial charge in [0.2, 0.25) is 0 Å². The Balaban J connectivity index is 2.39. The first-order valence-electron chi connectivity index (χ1n) is 7.91. The second kappa shape index (κ2) is 8.52. The van der Waals surface area contributed by atoms with Gasteiger partial charge in [-0.05, 0) is 32.9 Å². The lowest BCUT2D eigenvalue weighted by Gasteiger charge is -2.18. The van der Waals surface area contributed by atoms with Crippen molar-refractivity contribution in [1.82, 2.24) is 4.57 Å². The Labute approximate surface area is 156 Å². The molecule has 0 spiro atoms. The first-order valence-corrected chi connectivity index (χ1v) is 8.66. The number of pyridine rings is 1. The molecule has 0 aliphatic heterocycles. The van der Waals surface area contributed by atoms with Gasteiger partial charge in [0.05, 0.1) is 22.3 Å². The van der Waals surface area contributed by atoms with Crippen LogP contribution in [-0.4, -0.2) is 23.7 Å². The van der Waals surface area contributed by atoms with E-state index in [1.165, 1.54) is 6.07 Å². The molecule has 25 heavy (non-hydrogen) atoms. The summed E-state index contributed by atoms with van der Waals surface area (Å²) in [5.41, 5.74) is 1.36. The van der Waals surface area contributed by atoms with Crippen molar-refractivity contribution in [3.05, 3.63) is 61.5 Å². The summed E-state index contributed by atoms with van der Waals surface area (Å²) in [6.45, 7) is 7.14. The number of amides is 1. The highest BCUT2D eigenvalue weighted by molar-refractivity contribution is 6.40. The van der Waals surface area contributed by atoms with Crippen LogP contribution in [0.2, 0.25) is 10.0 Å². The van der Waals surface area contributed by atoms with Gasteiger partial charge in [0.1, 0.15) is 5.56 Å². The van der Waals surface area contributed by atoms with Crippen LogP contribution in [0.25, 0.3) is 0 Å². The van der Waals surface area contributed by atoms with E-state index in [1.54, 1.807) is 25.1 Å². The number of rotatable bonds is 6. The van der Waals surface area contributed by atoms with Crippen molar-refractivity contribution in [1.29, 1.82) is 0 Å². The zero-order chi connectivity index (χ0) is 18.6. The highest BCUT2D eigenvalue weighted by Crippen LogP contribution is 2.30. The number of benzene rings is 1. The van der Waals surface area contributed by atoms with Gasteiger partial charge in [-0.3, -0.25) is 9.59 Å². The number of carbonyl (C=O) groups is 1. The lowest BCUT2D eigenvalue weighted by molar-refractivity contribution is 0.102. The average Bonchev–Trinajstić information content (AvgIpc) is 2.54. The van der Waals surface area contributed by atoms with Crippen LogP contribution >= 0.6 is 23.2 Å². The van der Waals surface area contributed by atoms with E-state index in [9.17, 15) is 9.59 Å². The third-order valence-corrected chi connectivity index (χ3v) is 4.50. The number of halogens is 2. The highest BCUT2D eigenvalue weighted by atomic mass is 35.5. The molecule has 0 atom stereocenters. The topological polar surface area (TPSA) is 60.3 Å². The van der Waals surface area contributed by atoms with Crippen molar-refractivity contribution in [3.63, 3.8) is 0 Å². The van der Waals surface area contributed by atoms with Gasteiger partial charge in [0.15, 0.2) is 5.43 Å². The Kier molecular flexibility index (Phi) is 6.64. The average molecular weight is 383 g/mol. The summed E-state index contributed by atoms with van der Waals surface area (Å²) < 4.78 is 7.26. The largest absolute Gasteiger partial charge is 0.380 e. The molecular formula is C18H20Cl2N2O3. The number of anilines is 1. The lowest BCUT2D eigenvalue weighted by atomic mass is 10.1. The number of aryl methyl sites for hydroxylation is 1. The zero-order valence-corrected chi connectivity index (χ0v) is 15.9. The van der Waals surface area contributed by atoms with Crippen molar-refractivity contribution >= 4 is 34.8 Å². The van der Waals surface area contributed by atoms with Gasteiger partial charge in [-0.2, -0.15) is 0 Å². The molecule has 2 aromatic rings. The summed E-state index contributed by atoms with van der Waals surface area (Å²) in [5, 5.41) is 3.26. The Morgan fingerprint density at radius 3 is 2.48 bits per heavy atom. The Bertz CT molecular complexity index is 827. The van der Waals surface area contributed by atoms with Gasteiger partial charge in [0, 0.05) is 30.6 Å². The molecule has 0 radical (unpaired) electrons. The molecule has 5 nitrogen and oxygen atoms in total. The molecule has 0 bridgehead atoms. The smallest absolute Gasteiger partial charge is 0.261 e. The standard InChI is InChI=1S/C18H20Cl2N2O3/c1-4-25-9-8-22-11(2)10-15(23)16(12(22)3)18(24)21-17-13(19)6-5-7-14(17)20/h5-7,10H,4,8-9H2,1-3H3,(H,21,24). The van der Waals surface area contributed by atoms with Crippen molar-refractivity contribution < 1.29 is 9.53 Å². The minimum Gasteiger partial charge on any atom is -0.380 e. The number of hydrogen-bond acceptors (Lipinski definition) is 3. The number of aromatic nitrogens is 1. The van der Waals surface area contributed by atoms with Crippen LogP contribution in [0.15, 0.2) is 29.1 Å². The van der Waals surface area contributed by atoms with E-state index in [0.717, 1.165) is 5.69 Å². The van der Waals surface area contributed by atoms with Crippen LogP contribution in [0.5, 0.6) is 0 Å². The normalized spacial score (nSPS) is 10.8. The third-order valence-electron chi connectivity index (χ3n) is 3.87. The van der Waals surface area contributed by atoms with Gasteiger partial charge in [-0.15, -0.1) is 0 Å². The highest BCUT2D eigenvalue weighted by Gasteiger charge is 2.19. The molecule has 0 saturated heterocycles. The molecule has 0 saturated carbocycles.